The predicted octanol–water partition coefficient (Wildman–Crippen LogP) is 4.27. The second-order valence-corrected chi connectivity index (χ2v) is 6.96. The van der Waals surface area contributed by atoms with Crippen LogP contribution in [0.2, 0.25) is 5.02 Å². The van der Waals surface area contributed by atoms with Crippen molar-refractivity contribution in [2.45, 2.75) is 27.7 Å². The highest BCUT2D eigenvalue weighted by molar-refractivity contribution is 9.10. The molecule has 0 aliphatic heterocycles. The van der Waals surface area contributed by atoms with Crippen LogP contribution in [0.15, 0.2) is 22.7 Å². The molecule has 0 aromatic heterocycles. The lowest BCUT2D eigenvalue weighted by molar-refractivity contribution is -0.155. The Labute approximate surface area is 138 Å². The molecule has 0 heterocycles. The van der Waals surface area contributed by atoms with Crippen LogP contribution in [0.1, 0.15) is 27.7 Å². The van der Waals surface area contributed by atoms with Gasteiger partial charge in [-0.05, 0) is 46.5 Å². The molecule has 4 nitrogen and oxygen atoms in total. The van der Waals surface area contributed by atoms with Crippen molar-refractivity contribution in [1.29, 1.82) is 0 Å². The molecule has 116 valence electrons. The summed E-state index contributed by atoms with van der Waals surface area (Å²) < 4.78 is 5.70. The van der Waals surface area contributed by atoms with E-state index in [9.17, 15) is 9.59 Å². The summed E-state index contributed by atoms with van der Waals surface area (Å²) in [6, 6.07) is 5.05. The van der Waals surface area contributed by atoms with Crippen molar-refractivity contribution >= 4 is 45.1 Å². The minimum Gasteiger partial charge on any atom is -0.465 e. The Bertz CT molecular complexity index is 540. The molecule has 0 aliphatic carbocycles. The van der Waals surface area contributed by atoms with Crippen LogP contribution in [0.3, 0.4) is 0 Å². The Hall–Kier alpha value is -1.07. The predicted molar refractivity (Wildman–Crippen MR) is 87.4 cm³/mol. The highest BCUT2D eigenvalue weighted by atomic mass is 79.9. The normalized spacial score (nSPS) is 12.7. The third-order valence-corrected chi connectivity index (χ3v) is 3.76. The number of esters is 1. The number of ether oxygens (including phenoxy) is 1. The van der Waals surface area contributed by atoms with Gasteiger partial charge in [-0.1, -0.05) is 32.4 Å². The summed E-state index contributed by atoms with van der Waals surface area (Å²) in [7, 11) is 0. The molecular weight excluding hydrogens is 358 g/mol. The Balaban J connectivity index is 3.01. The van der Waals surface area contributed by atoms with Gasteiger partial charge < -0.3 is 10.1 Å². The van der Waals surface area contributed by atoms with Gasteiger partial charge >= 0.3 is 5.97 Å². The average molecular weight is 377 g/mol. The lowest BCUT2D eigenvalue weighted by atomic mass is 9.80. The van der Waals surface area contributed by atoms with E-state index in [-0.39, 0.29) is 6.61 Å². The first-order valence-electron chi connectivity index (χ1n) is 6.59. The van der Waals surface area contributed by atoms with E-state index in [1.54, 1.807) is 25.1 Å². The molecule has 0 radical (unpaired) electrons. The van der Waals surface area contributed by atoms with E-state index in [0.29, 0.717) is 15.2 Å². The molecule has 0 aliphatic rings. The second-order valence-electron chi connectivity index (χ2n) is 5.66. The molecule has 1 rings (SSSR count). The van der Waals surface area contributed by atoms with Crippen LogP contribution in [0.5, 0.6) is 0 Å². The lowest BCUT2D eigenvalue weighted by Crippen LogP contribution is -2.40. The van der Waals surface area contributed by atoms with Gasteiger partial charge in [0.25, 0.3) is 0 Å². The molecule has 1 N–H and O–H groups in total. The van der Waals surface area contributed by atoms with E-state index in [1.165, 1.54) is 0 Å². The number of hydrogen-bond acceptors (Lipinski definition) is 3. The Kier molecular flexibility index (Phi) is 6.23. The van der Waals surface area contributed by atoms with E-state index in [2.05, 4.69) is 21.2 Å². The molecule has 21 heavy (non-hydrogen) atoms. The number of nitrogens with one attached hydrogen (secondary N) is 1. The van der Waals surface area contributed by atoms with Gasteiger partial charge in [-0.25, -0.2) is 0 Å². The zero-order chi connectivity index (χ0) is 16.2. The van der Waals surface area contributed by atoms with Gasteiger partial charge in [0, 0.05) is 9.50 Å². The van der Waals surface area contributed by atoms with E-state index in [1.807, 2.05) is 20.8 Å². The molecule has 0 fully saturated rings. The number of carbonyl (C=O) groups is 2. The Morgan fingerprint density at radius 1 is 1.38 bits per heavy atom. The molecule has 0 saturated carbocycles. The first kappa shape index (κ1) is 18.0. The van der Waals surface area contributed by atoms with Crippen LogP contribution < -0.4 is 5.32 Å². The number of carbonyl (C=O) groups excluding carboxylic acids is 2. The summed E-state index contributed by atoms with van der Waals surface area (Å²) >= 11 is 9.26. The number of halogens is 2. The van der Waals surface area contributed by atoms with Crippen LogP contribution in [-0.2, 0) is 14.3 Å². The fraction of sp³-hybridized carbons (Fsp3) is 0.467. The van der Waals surface area contributed by atoms with Gasteiger partial charge in [-0.2, -0.15) is 0 Å². The molecular formula is C15H19BrClNO3. The minimum absolute atomic E-state index is 0.236. The standard InChI is InChI=1S/C15H19BrClNO3/c1-5-21-14(20)12(15(2,3)4)13(19)18-11-8-9(17)6-7-10(11)16/h6-8,12H,5H2,1-4H3,(H,18,19). The monoisotopic (exact) mass is 375 g/mol. The number of amides is 1. The molecule has 6 heteroatoms. The van der Waals surface area contributed by atoms with Crippen LogP contribution in [-0.4, -0.2) is 18.5 Å². The van der Waals surface area contributed by atoms with Crippen molar-refractivity contribution < 1.29 is 14.3 Å². The van der Waals surface area contributed by atoms with E-state index in [4.69, 9.17) is 16.3 Å². The van der Waals surface area contributed by atoms with Crippen molar-refractivity contribution in [3.63, 3.8) is 0 Å². The molecule has 1 unspecified atom stereocenters. The number of hydrogen-bond donors (Lipinski definition) is 1. The molecule has 1 aromatic rings. The summed E-state index contributed by atoms with van der Waals surface area (Å²) in [5, 5.41) is 3.22. The van der Waals surface area contributed by atoms with Crippen LogP contribution in [0.4, 0.5) is 5.69 Å². The third kappa shape index (κ3) is 5.00. The number of rotatable bonds is 4. The summed E-state index contributed by atoms with van der Waals surface area (Å²) in [4.78, 5) is 24.5. The van der Waals surface area contributed by atoms with Crippen LogP contribution in [0.25, 0.3) is 0 Å². The zero-order valence-corrected chi connectivity index (χ0v) is 14.8. The van der Waals surface area contributed by atoms with E-state index >= 15 is 0 Å². The minimum atomic E-state index is -0.900. The van der Waals surface area contributed by atoms with Crippen LogP contribution in [0, 0.1) is 11.3 Å². The van der Waals surface area contributed by atoms with Gasteiger partial charge in [0.05, 0.1) is 12.3 Å². The highest BCUT2D eigenvalue weighted by Crippen LogP contribution is 2.31. The summed E-state index contributed by atoms with van der Waals surface area (Å²) in [6.07, 6.45) is 0. The van der Waals surface area contributed by atoms with E-state index < -0.39 is 23.2 Å². The maximum absolute atomic E-state index is 12.5. The van der Waals surface area contributed by atoms with E-state index in [0.717, 1.165) is 0 Å². The maximum Gasteiger partial charge on any atom is 0.319 e. The number of benzene rings is 1. The Morgan fingerprint density at radius 2 is 2.00 bits per heavy atom. The molecule has 0 spiro atoms. The third-order valence-electron chi connectivity index (χ3n) is 2.84. The summed E-state index contributed by atoms with van der Waals surface area (Å²) in [5.41, 5.74) is -0.0347. The highest BCUT2D eigenvalue weighted by Gasteiger charge is 2.39. The van der Waals surface area contributed by atoms with Crippen LogP contribution >= 0.6 is 27.5 Å². The van der Waals surface area contributed by atoms with Gasteiger partial charge in [0.2, 0.25) is 5.91 Å². The largest absolute Gasteiger partial charge is 0.465 e. The van der Waals surface area contributed by atoms with Gasteiger partial charge in [0.1, 0.15) is 5.92 Å². The van der Waals surface area contributed by atoms with Crippen molar-refractivity contribution in [3.8, 4) is 0 Å². The molecule has 1 aromatic carbocycles. The summed E-state index contributed by atoms with van der Waals surface area (Å²) in [5.74, 6) is -1.84. The quantitative estimate of drug-likeness (QED) is 0.631. The van der Waals surface area contributed by atoms with Crippen molar-refractivity contribution in [2.24, 2.45) is 11.3 Å². The molecule has 0 saturated heterocycles. The van der Waals surface area contributed by atoms with Gasteiger partial charge in [0.15, 0.2) is 0 Å². The number of anilines is 1. The smallest absolute Gasteiger partial charge is 0.319 e. The van der Waals surface area contributed by atoms with Crippen molar-refractivity contribution in [3.05, 3.63) is 27.7 Å². The van der Waals surface area contributed by atoms with Crippen molar-refractivity contribution in [1.82, 2.24) is 0 Å². The molecule has 1 atom stereocenters. The average Bonchev–Trinajstić information content (AvgIpc) is 2.32. The first-order valence-corrected chi connectivity index (χ1v) is 7.76. The topological polar surface area (TPSA) is 55.4 Å². The summed E-state index contributed by atoms with van der Waals surface area (Å²) in [6.45, 7) is 7.41. The van der Waals surface area contributed by atoms with Gasteiger partial charge in [-0.3, -0.25) is 9.59 Å². The fourth-order valence-corrected chi connectivity index (χ4v) is 2.40. The lowest BCUT2D eigenvalue weighted by Gasteiger charge is -2.27. The zero-order valence-electron chi connectivity index (χ0n) is 12.5. The van der Waals surface area contributed by atoms with Gasteiger partial charge in [-0.15, -0.1) is 0 Å². The SMILES string of the molecule is CCOC(=O)C(C(=O)Nc1cc(Cl)ccc1Br)C(C)(C)C. The fourth-order valence-electron chi connectivity index (χ4n) is 1.88. The second kappa shape index (κ2) is 7.27. The van der Waals surface area contributed by atoms with Crippen molar-refractivity contribution in [2.75, 3.05) is 11.9 Å². The molecule has 0 bridgehead atoms. The maximum atomic E-state index is 12.5. The Morgan fingerprint density at radius 3 is 2.52 bits per heavy atom. The molecule has 1 amide bonds. The first-order chi connectivity index (χ1) is 9.66.